The molecule has 1 atom stereocenters. The summed E-state index contributed by atoms with van der Waals surface area (Å²) in [5.74, 6) is -3.26. The number of hydrogen-bond donors (Lipinski definition) is 1. The maximum atomic E-state index is 14.5. The standard InChI is InChI=1S/C18H21F2NO4/c19-13-3-4-14(15(20)10-13)18(5-8-25-9-6-18)17(24)21-7-1-2-12(11-21)16(22)23/h3-4,10,12H,1-2,5-9,11H2,(H,22,23). The Morgan fingerprint density at radius 3 is 2.60 bits per heavy atom. The van der Waals surface area contributed by atoms with Crippen molar-refractivity contribution in [1.82, 2.24) is 4.90 Å². The molecule has 2 fully saturated rings. The normalized spacial score (nSPS) is 23.3. The first-order valence-corrected chi connectivity index (χ1v) is 8.49. The van der Waals surface area contributed by atoms with Gasteiger partial charge in [0.2, 0.25) is 5.91 Å². The molecule has 7 heteroatoms. The predicted octanol–water partition coefficient (Wildman–Crippen LogP) is 2.34. The van der Waals surface area contributed by atoms with Crippen molar-refractivity contribution in [3.8, 4) is 0 Å². The Morgan fingerprint density at radius 1 is 1.24 bits per heavy atom. The summed E-state index contributed by atoms with van der Waals surface area (Å²) in [6.45, 7) is 1.19. The Morgan fingerprint density at radius 2 is 1.96 bits per heavy atom. The number of nitrogens with zero attached hydrogens (tertiary/aromatic N) is 1. The summed E-state index contributed by atoms with van der Waals surface area (Å²) < 4.78 is 33.1. The number of rotatable bonds is 3. The molecule has 1 unspecified atom stereocenters. The monoisotopic (exact) mass is 353 g/mol. The van der Waals surface area contributed by atoms with Gasteiger partial charge in [-0.15, -0.1) is 0 Å². The molecule has 2 aliphatic heterocycles. The van der Waals surface area contributed by atoms with Gasteiger partial charge in [0.1, 0.15) is 11.6 Å². The number of aliphatic carboxylic acids is 1. The SMILES string of the molecule is O=C(O)C1CCCN(C(=O)C2(c3ccc(F)cc3F)CCOCC2)C1. The fourth-order valence-electron chi connectivity index (χ4n) is 3.86. The van der Waals surface area contributed by atoms with Gasteiger partial charge in [0.25, 0.3) is 0 Å². The van der Waals surface area contributed by atoms with Crippen molar-refractivity contribution in [1.29, 1.82) is 0 Å². The third-order valence-corrected chi connectivity index (χ3v) is 5.26. The van der Waals surface area contributed by atoms with Gasteiger partial charge in [-0.25, -0.2) is 8.78 Å². The molecule has 0 bridgehead atoms. The lowest BCUT2D eigenvalue weighted by Gasteiger charge is -2.42. The molecule has 5 nitrogen and oxygen atoms in total. The van der Waals surface area contributed by atoms with Crippen LogP contribution in [0, 0.1) is 17.6 Å². The lowest BCUT2D eigenvalue weighted by molar-refractivity contribution is -0.149. The van der Waals surface area contributed by atoms with Crippen molar-refractivity contribution < 1.29 is 28.2 Å². The predicted molar refractivity (Wildman–Crippen MR) is 85.0 cm³/mol. The summed E-state index contributed by atoms with van der Waals surface area (Å²) >= 11 is 0. The first-order valence-electron chi connectivity index (χ1n) is 8.49. The maximum Gasteiger partial charge on any atom is 0.308 e. The molecule has 1 amide bonds. The van der Waals surface area contributed by atoms with E-state index in [1.807, 2.05) is 0 Å². The van der Waals surface area contributed by atoms with Crippen molar-refractivity contribution in [2.24, 2.45) is 5.92 Å². The Labute approximate surface area is 144 Å². The molecule has 0 saturated carbocycles. The minimum atomic E-state index is -1.13. The smallest absolute Gasteiger partial charge is 0.308 e. The van der Waals surface area contributed by atoms with Gasteiger partial charge in [0.15, 0.2) is 0 Å². The highest BCUT2D eigenvalue weighted by Gasteiger charge is 2.46. The topological polar surface area (TPSA) is 66.8 Å². The molecule has 0 spiro atoms. The Hall–Kier alpha value is -2.02. The van der Waals surface area contributed by atoms with Crippen LogP contribution in [0.4, 0.5) is 8.78 Å². The first kappa shape index (κ1) is 17.8. The second-order valence-electron chi connectivity index (χ2n) is 6.75. The minimum Gasteiger partial charge on any atom is -0.481 e. The van der Waals surface area contributed by atoms with Crippen LogP contribution >= 0.6 is 0 Å². The highest BCUT2D eigenvalue weighted by Crippen LogP contribution is 2.39. The Kier molecular flexibility index (Phi) is 5.03. The number of benzene rings is 1. The fourth-order valence-corrected chi connectivity index (χ4v) is 3.86. The molecule has 1 aromatic rings. The summed E-state index contributed by atoms with van der Waals surface area (Å²) in [5, 5.41) is 9.24. The van der Waals surface area contributed by atoms with E-state index in [0.717, 1.165) is 12.1 Å². The number of carbonyl (C=O) groups is 2. The zero-order valence-electron chi connectivity index (χ0n) is 13.8. The molecule has 25 heavy (non-hydrogen) atoms. The zero-order valence-corrected chi connectivity index (χ0v) is 13.8. The van der Waals surface area contributed by atoms with E-state index in [1.54, 1.807) is 0 Å². The highest BCUT2D eigenvalue weighted by molar-refractivity contribution is 5.89. The summed E-state index contributed by atoms with van der Waals surface area (Å²) in [6, 6.07) is 3.27. The van der Waals surface area contributed by atoms with E-state index < -0.39 is 28.9 Å². The fraction of sp³-hybridized carbons (Fsp3) is 0.556. The van der Waals surface area contributed by atoms with Crippen LogP contribution in [0.5, 0.6) is 0 Å². The van der Waals surface area contributed by atoms with Crippen LogP contribution in [0.25, 0.3) is 0 Å². The van der Waals surface area contributed by atoms with E-state index in [0.29, 0.717) is 45.4 Å². The maximum absolute atomic E-state index is 14.5. The van der Waals surface area contributed by atoms with Gasteiger partial charge in [-0.3, -0.25) is 9.59 Å². The van der Waals surface area contributed by atoms with E-state index in [2.05, 4.69) is 0 Å². The number of carboxylic acids is 1. The molecule has 0 aromatic heterocycles. The van der Waals surface area contributed by atoms with Crippen LogP contribution in [0.2, 0.25) is 0 Å². The quantitative estimate of drug-likeness (QED) is 0.906. The molecule has 2 saturated heterocycles. The lowest BCUT2D eigenvalue weighted by Crippen LogP contribution is -2.53. The zero-order chi connectivity index (χ0) is 18.0. The molecule has 2 aliphatic rings. The molecular formula is C18H21F2NO4. The number of halogens is 2. The molecule has 1 N–H and O–H groups in total. The van der Waals surface area contributed by atoms with Crippen molar-refractivity contribution in [3.63, 3.8) is 0 Å². The van der Waals surface area contributed by atoms with Crippen molar-refractivity contribution in [2.45, 2.75) is 31.1 Å². The largest absolute Gasteiger partial charge is 0.481 e. The van der Waals surface area contributed by atoms with Crippen LogP contribution in [0.15, 0.2) is 18.2 Å². The third-order valence-electron chi connectivity index (χ3n) is 5.26. The van der Waals surface area contributed by atoms with E-state index in [-0.39, 0.29) is 18.0 Å². The molecule has 136 valence electrons. The minimum absolute atomic E-state index is 0.125. The van der Waals surface area contributed by atoms with Crippen LogP contribution in [0.3, 0.4) is 0 Å². The van der Waals surface area contributed by atoms with Crippen LogP contribution in [-0.2, 0) is 19.7 Å². The van der Waals surface area contributed by atoms with Gasteiger partial charge in [0, 0.05) is 37.9 Å². The summed E-state index contributed by atoms with van der Waals surface area (Å²) in [5.41, 5.74) is -0.962. The van der Waals surface area contributed by atoms with Crippen LogP contribution in [0.1, 0.15) is 31.2 Å². The lowest BCUT2D eigenvalue weighted by atomic mass is 9.72. The number of likely N-dealkylation sites (tertiary alicyclic amines) is 1. The van der Waals surface area contributed by atoms with E-state index in [9.17, 15) is 23.5 Å². The van der Waals surface area contributed by atoms with E-state index >= 15 is 0 Å². The van der Waals surface area contributed by atoms with Gasteiger partial charge in [-0.05, 0) is 31.7 Å². The number of amides is 1. The first-order chi connectivity index (χ1) is 11.9. The average Bonchev–Trinajstić information content (AvgIpc) is 2.61. The molecule has 0 radical (unpaired) electrons. The van der Waals surface area contributed by atoms with E-state index in [4.69, 9.17) is 4.74 Å². The van der Waals surface area contributed by atoms with Crippen molar-refractivity contribution in [2.75, 3.05) is 26.3 Å². The van der Waals surface area contributed by atoms with E-state index in [1.165, 1.54) is 11.0 Å². The molecule has 2 heterocycles. The number of hydrogen-bond acceptors (Lipinski definition) is 3. The highest BCUT2D eigenvalue weighted by atomic mass is 19.1. The van der Waals surface area contributed by atoms with Gasteiger partial charge in [0.05, 0.1) is 11.3 Å². The molecule has 3 rings (SSSR count). The second kappa shape index (κ2) is 7.07. The summed E-state index contributed by atoms with van der Waals surface area (Å²) in [7, 11) is 0. The van der Waals surface area contributed by atoms with Gasteiger partial charge in [-0.1, -0.05) is 6.07 Å². The number of ether oxygens (including phenoxy) is 1. The Balaban J connectivity index is 1.95. The number of carbonyl (C=O) groups excluding carboxylic acids is 1. The summed E-state index contributed by atoms with van der Waals surface area (Å²) in [4.78, 5) is 26.1. The van der Waals surface area contributed by atoms with Gasteiger partial charge in [-0.2, -0.15) is 0 Å². The average molecular weight is 353 g/mol. The molecular weight excluding hydrogens is 332 g/mol. The second-order valence-corrected chi connectivity index (χ2v) is 6.75. The van der Waals surface area contributed by atoms with Crippen LogP contribution in [-0.4, -0.2) is 48.2 Å². The number of piperidine rings is 1. The van der Waals surface area contributed by atoms with Gasteiger partial charge < -0.3 is 14.7 Å². The summed E-state index contributed by atoms with van der Waals surface area (Å²) in [6.07, 6.45) is 1.71. The van der Waals surface area contributed by atoms with Gasteiger partial charge >= 0.3 is 5.97 Å². The Bertz CT molecular complexity index is 673. The molecule has 1 aromatic carbocycles. The third kappa shape index (κ3) is 3.38. The number of carboxylic acid groups (broad SMARTS) is 1. The van der Waals surface area contributed by atoms with Crippen molar-refractivity contribution >= 4 is 11.9 Å². The van der Waals surface area contributed by atoms with Crippen molar-refractivity contribution in [3.05, 3.63) is 35.4 Å². The van der Waals surface area contributed by atoms with Crippen LogP contribution < -0.4 is 0 Å². The molecule has 0 aliphatic carbocycles.